The van der Waals surface area contributed by atoms with E-state index in [0.717, 1.165) is 29.8 Å². The van der Waals surface area contributed by atoms with Crippen LogP contribution in [0.4, 0.5) is 22.7 Å². The number of carbonyl (C=O) groups excluding carboxylic acids is 3. The summed E-state index contributed by atoms with van der Waals surface area (Å²) in [5, 5.41) is 12.4. The molecule has 2 amide bonds. The van der Waals surface area contributed by atoms with Crippen LogP contribution in [0.25, 0.3) is 0 Å². The van der Waals surface area contributed by atoms with Crippen molar-refractivity contribution in [2.75, 3.05) is 49.1 Å². The van der Waals surface area contributed by atoms with Gasteiger partial charge in [-0.15, -0.1) is 0 Å². The van der Waals surface area contributed by atoms with Gasteiger partial charge in [0.05, 0.1) is 74.9 Å². The summed E-state index contributed by atoms with van der Waals surface area (Å²) >= 11 is 0. The van der Waals surface area contributed by atoms with Crippen molar-refractivity contribution in [1.82, 2.24) is 0 Å². The van der Waals surface area contributed by atoms with Crippen LogP contribution in [0.3, 0.4) is 0 Å². The van der Waals surface area contributed by atoms with E-state index in [0.29, 0.717) is 71.7 Å². The molecule has 4 aromatic rings. The van der Waals surface area contributed by atoms with Crippen molar-refractivity contribution >= 4 is 52.7 Å². The number of hydrogen-bond acceptors (Lipinski definition) is 11. The molecular formula is C47H50N4O10. The quantitative estimate of drug-likeness (QED) is 0.0947. The summed E-state index contributed by atoms with van der Waals surface area (Å²) in [6.45, 7) is 9.87. The second-order valence-corrected chi connectivity index (χ2v) is 17.6. The molecule has 0 spiro atoms. The standard InChI is InChI=1S/C47H50N4O10/c1-46(2,25-59-40-20-34-32(18-38(40)57-5)44(55)50-29(22-48-34)15-27-9-7-8-10-36(27)50)24-47(3,4)26-60-41-21-35-33(19-39(41)58-6)45(56)51-30(23-49-35)16-28-17-31(11-12-37(28)51)61-43(54)14-13-42(52)53/h7-12,17-21,23,29-30,48H,13-16,22,24-26H2,1-6H3,(H,52,53). The van der Waals surface area contributed by atoms with Gasteiger partial charge in [0, 0.05) is 42.7 Å². The van der Waals surface area contributed by atoms with Crippen molar-refractivity contribution in [2.24, 2.45) is 15.8 Å². The molecule has 61 heavy (non-hydrogen) atoms. The maximum atomic E-state index is 14.1. The van der Waals surface area contributed by atoms with Crippen LogP contribution in [0.1, 0.15) is 78.8 Å². The topological polar surface area (TPSA) is 166 Å². The van der Waals surface area contributed by atoms with Gasteiger partial charge in [0.1, 0.15) is 5.75 Å². The highest BCUT2D eigenvalue weighted by molar-refractivity contribution is 6.15. The third kappa shape index (κ3) is 8.31. The number of para-hydroxylation sites is 1. The van der Waals surface area contributed by atoms with Crippen LogP contribution in [0.2, 0.25) is 0 Å². The van der Waals surface area contributed by atoms with Crippen molar-refractivity contribution in [2.45, 2.75) is 71.9 Å². The van der Waals surface area contributed by atoms with Crippen LogP contribution in [-0.4, -0.2) is 81.1 Å². The zero-order valence-electron chi connectivity index (χ0n) is 35.2. The minimum absolute atomic E-state index is 0.0191. The molecule has 4 aliphatic rings. The number of carboxylic acid groups (broad SMARTS) is 1. The first-order valence-corrected chi connectivity index (χ1v) is 20.4. The second-order valence-electron chi connectivity index (χ2n) is 17.6. The van der Waals surface area contributed by atoms with E-state index in [2.05, 4.69) is 39.1 Å². The predicted molar refractivity (Wildman–Crippen MR) is 230 cm³/mol. The van der Waals surface area contributed by atoms with Gasteiger partial charge in [-0.05, 0) is 71.2 Å². The summed E-state index contributed by atoms with van der Waals surface area (Å²) in [5.74, 6) is 0.150. The van der Waals surface area contributed by atoms with Gasteiger partial charge in [0.15, 0.2) is 23.0 Å². The number of ether oxygens (including phenoxy) is 5. The first kappa shape index (κ1) is 41.2. The highest BCUT2D eigenvalue weighted by Crippen LogP contribution is 2.45. The van der Waals surface area contributed by atoms with Gasteiger partial charge in [0.25, 0.3) is 11.8 Å². The molecule has 0 radical (unpaired) electrons. The number of methoxy groups -OCH3 is 2. The largest absolute Gasteiger partial charge is 0.493 e. The molecule has 0 aliphatic carbocycles. The Hall–Kier alpha value is -6.57. The molecule has 4 heterocycles. The number of nitrogens with one attached hydrogen (secondary N) is 1. The summed E-state index contributed by atoms with van der Waals surface area (Å²) in [5.41, 5.74) is 5.05. The summed E-state index contributed by atoms with van der Waals surface area (Å²) in [7, 11) is 3.11. The molecule has 14 nitrogen and oxygen atoms in total. The van der Waals surface area contributed by atoms with Crippen LogP contribution < -0.4 is 38.8 Å². The maximum Gasteiger partial charge on any atom is 0.311 e. The lowest BCUT2D eigenvalue weighted by atomic mass is 9.76. The fourth-order valence-corrected chi connectivity index (χ4v) is 9.04. The van der Waals surface area contributed by atoms with E-state index in [1.54, 1.807) is 54.6 Å². The van der Waals surface area contributed by atoms with E-state index >= 15 is 0 Å². The lowest BCUT2D eigenvalue weighted by Gasteiger charge is -2.35. The number of fused-ring (bicyclic) bond motifs is 8. The van der Waals surface area contributed by atoms with Gasteiger partial charge in [-0.1, -0.05) is 45.9 Å². The maximum absolute atomic E-state index is 14.1. The fourth-order valence-electron chi connectivity index (χ4n) is 9.04. The van der Waals surface area contributed by atoms with E-state index in [4.69, 9.17) is 33.8 Å². The number of esters is 1. The molecule has 2 atom stereocenters. The number of amides is 2. The Balaban J connectivity index is 0.917. The third-order valence-corrected chi connectivity index (χ3v) is 11.5. The average molecular weight is 831 g/mol. The molecule has 0 saturated heterocycles. The number of carbonyl (C=O) groups is 4. The molecule has 2 N–H and O–H groups in total. The molecule has 318 valence electrons. The Morgan fingerprint density at radius 2 is 1.43 bits per heavy atom. The Morgan fingerprint density at radius 3 is 2.13 bits per heavy atom. The lowest BCUT2D eigenvalue weighted by Crippen LogP contribution is -2.39. The second kappa shape index (κ2) is 16.1. The van der Waals surface area contributed by atoms with Crippen LogP contribution in [0.5, 0.6) is 28.7 Å². The number of anilines is 3. The van der Waals surface area contributed by atoms with E-state index in [1.807, 2.05) is 29.2 Å². The number of rotatable bonds is 14. The monoisotopic (exact) mass is 830 g/mol. The molecular weight excluding hydrogens is 781 g/mol. The van der Waals surface area contributed by atoms with E-state index in [-0.39, 0.29) is 53.3 Å². The summed E-state index contributed by atoms with van der Waals surface area (Å²) < 4.78 is 29.8. The summed E-state index contributed by atoms with van der Waals surface area (Å²) in [4.78, 5) is 59.3. The van der Waals surface area contributed by atoms with Gasteiger partial charge in [-0.3, -0.25) is 29.1 Å². The molecule has 2 unspecified atom stereocenters. The molecule has 4 aliphatic heterocycles. The van der Waals surface area contributed by atoms with Gasteiger partial charge in [-0.2, -0.15) is 0 Å². The van der Waals surface area contributed by atoms with Crippen molar-refractivity contribution in [3.05, 3.63) is 89.0 Å². The van der Waals surface area contributed by atoms with Crippen molar-refractivity contribution in [3.8, 4) is 28.7 Å². The van der Waals surface area contributed by atoms with E-state index < -0.39 is 11.9 Å². The molecule has 14 heteroatoms. The number of hydrogen-bond donors (Lipinski definition) is 2. The Morgan fingerprint density at radius 1 is 0.770 bits per heavy atom. The fraction of sp³-hybridized carbons (Fsp3) is 0.383. The van der Waals surface area contributed by atoms with Crippen LogP contribution in [0, 0.1) is 10.8 Å². The molecule has 0 fully saturated rings. The summed E-state index contributed by atoms with van der Waals surface area (Å²) in [6.07, 6.45) is 3.15. The first-order chi connectivity index (χ1) is 29.1. The highest BCUT2D eigenvalue weighted by atomic mass is 16.5. The van der Waals surface area contributed by atoms with Crippen LogP contribution >= 0.6 is 0 Å². The normalized spacial score (nSPS) is 17.4. The average Bonchev–Trinajstić information content (AvgIpc) is 3.71. The number of nitrogens with zero attached hydrogens (tertiary/aromatic N) is 3. The molecule has 0 aromatic heterocycles. The minimum Gasteiger partial charge on any atom is -0.493 e. The number of carboxylic acids is 1. The predicted octanol–water partition coefficient (Wildman–Crippen LogP) is 7.66. The zero-order valence-corrected chi connectivity index (χ0v) is 35.2. The first-order valence-electron chi connectivity index (χ1n) is 20.4. The lowest BCUT2D eigenvalue weighted by molar-refractivity contribution is -0.142. The van der Waals surface area contributed by atoms with Gasteiger partial charge < -0.3 is 39.0 Å². The van der Waals surface area contributed by atoms with E-state index in [9.17, 15) is 19.2 Å². The Bertz CT molecular complexity index is 2460. The van der Waals surface area contributed by atoms with Gasteiger partial charge >= 0.3 is 11.9 Å². The van der Waals surface area contributed by atoms with Crippen molar-refractivity contribution < 1.29 is 48.0 Å². The van der Waals surface area contributed by atoms with Crippen molar-refractivity contribution in [1.29, 1.82) is 0 Å². The molecule has 0 bridgehead atoms. The molecule has 0 saturated carbocycles. The van der Waals surface area contributed by atoms with Gasteiger partial charge in [-0.25, -0.2) is 0 Å². The van der Waals surface area contributed by atoms with Crippen molar-refractivity contribution in [3.63, 3.8) is 0 Å². The number of aliphatic carboxylic acids is 1. The van der Waals surface area contributed by atoms with E-state index in [1.165, 1.54) is 12.7 Å². The molecule has 4 aromatic carbocycles. The number of aliphatic imine (C=N–C) groups is 1. The van der Waals surface area contributed by atoms with Crippen LogP contribution in [0.15, 0.2) is 71.7 Å². The number of benzene rings is 4. The van der Waals surface area contributed by atoms with Gasteiger partial charge in [0.2, 0.25) is 0 Å². The Kier molecular flexibility index (Phi) is 10.9. The van der Waals surface area contributed by atoms with Crippen LogP contribution in [-0.2, 0) is 22.4 Å². The zero-order chi connectivity index (χ0) is 43.2. The summed E-state index contributed by atoms with van der Waals surface area (Å²) in [6, 6.07) is 19.8. The SMILES string of the molecule is COc1cc2c(cc1OCC(C)(C)CC(C)(C)COc1cc3c(cc1OC)C(=O)N1c4ccccc4CC1CN3)N=CC1Cc3cc(OC(=O)CCC(=O)O)ccc3N1C2=O. The minimum atomic E-state index is -1.08. The Labute approximate surface area is 354 Å². The molecule has 8 rings (SSSR count). The smallest absolute Gasteiger partial charge is 0.311 e. The third-order valence-electron chi connectivity index (χ3n) is 11.5. The highest BCUT2D eigenvalue weighted by Gasteiger charge is 2.39.